The Morgan fingerprint density at radius 2 is 2.23 bits per heavy atom. The van der Waals surface area contributed by atoms with Crippen LogP contribution in [0, 0.1) is 17.2 Å². The third-order valence-electron chi connectivity index (χ3n) is 2.67. The maximum atomic E-state index is 8.81. The summed E-state index contributed by atoms with van der Waals surface area (Å²) in [7, 11) is 0. The molecule has 3 heteroatoms. The lowest BCUT2D eigenvalue weighted by molar-refractivity contribution is 0.282. The van der Waals surface area contributed by atoms with Crippen molar-refractivity contribution >= 4 is 0 Å². The molecule has 2 atom stereocenters. The lowest BCUT2D eigenvalue weighted by atomic mass is 10.1. The monoisotopic (exact) mass is 182 g/mol. The summed E-state index contributed by atoms with van der Waals surface area (Å²) >= 11 is 0. The lowest BCUT2D eigenvalue weighted by Gasteiger charge is -2.14. The summed E-state index contributed by atoms with van der Waals surface area (Å²) < 4.78 is 0. The van der Waals surface area contributed by atoms with Gasteiger partial charge in [0.05, 0.1) is 12.0 Å². The van der Waals surface area contributed by atoms with Gasteiger partial charge in [-0.1, -0.05) is 6.42 Å². The standard InChI is InChI=1S/C10H18N2O/c11-8-9-4-3-5-10(9)12-6-1-2-7-13/h9-10,12-13H,1-7H2. The van der Waals surface area contributed by atoms with Gasteiger partial charge in [-0.05, 0) is 32.2 Å². The molecule has 0 heterocycles. The van der Waals surface area contributed by atoms with Crippen molar-refractivity contribution in [1.82, 2.24) is 5.32 Å². The third kappa shape index (κ3) is 3.33. The number of rotatable bonds is 5. The van der Waals surface area contributed by atoms with Crippen LogP contribution in [0.5, 0.6) is 0 Å². The Hall–Kier alpha value is -0.590. The molecule has 0 spiro atoms. The Kier molecular flexibility index (Phi) is 4.81. The SMILES string of the molecule is N#CC1CCCC1NCCCCO. The Bertz CT molecular complexity index is 176. The van der Waals surface area contributed by atoms with Crippen LogP contribution in [0.15, 0.2) is 0 Å². The van der Waals surface area contributed by atoms with E-state index < -0.39 is 0 Å². The van der Waals surface area contributed by atoms with E-state index in [9.17, 15) is 0 Å². The Morgan fingerprint density at radius 3 is 2.92 bits per heavy atom. The van der Waals surface area contributed by atoms with Gasteiger partial charge in [-0.25, -0.2) is 0 Å². The maximum Gasteiger partial charge on any atom is 0.0672 e. The Labute approximate surface area is 79.8 Å². The zero-order valence-electron chi connectivity index (χ0n) is 8.00. The summed E-state index contributed by atoms with van der Waals surface area (Å²) in [4.78, 5) is 0. The van der Waals surface area contributed by atoms with E-state index in [0.717, 1.165) is 32.2 Å². The normalized spacial score (nSPS) is 27.4. The first kappa shape index (κ1) is 10.5. The molecule has 1 aliphatic rings. The van der Waals surface area contributed by atoms with Crippen LogP contribution in [0.25, 0.3) is 0 Å². The van der Waals surface area contributed by atoms with E-state index in [1.807, 2.05) is 0 Å². The number of nitrogens with one attached hydrogen (secondary N) is 1. The predicted octanol–water partition coefficient (Wildman–Crippen LogP) is 1.04. The van der Waals surface area contributed by atoms with Crippen LogP contribution in [0.4, 0.5) is 0 Å². The number of hydrogen-bond acceptors (Lipinski definition) is 3. The molecule has 0 bridgehead atoms. The summed E-state index contributed by atoms with van der Waals surface area (Å²) in [6, 6.07) is 2.75. The van der Waals surface area contributed by atoms with E-state index in [1.165, 1.54) is 6.42 Å². The fraction of sp³-hybridized carbons (Fsp3) is 0.900. The highest BCUT2D eigenvalue weighted by molar-refractivity contribution is 4.96. The molecule has 2 N–H and O–H groups in total. The molecule has 2 unspecified atom stereocenters. The maximum absolute atomic E-state index is 8.81. The average Bonchev–Trinajstić information content (AvgIpc) is 2.60. The van der Waals surface area contributed by atoms with Gasteiger partial charge >= 0.3 is 0 Å². The number of nitrogens with zero attached hydrogens (tertiary/aromatic N) is 1. The molecule has 1 aliphatic carbocycles. The number of unbranched alkanes of at least 4 members (excludes halogenated alkanes) is 1. The van der Waals surface area contributed by atoms with Crippen LogP contribution in [0.2, 0.25) is 0 Å². The van der Waals surface area contributed by atoms with Crippen molar-refractivity contribution in [1.29, 1.82) is 5.26 Å². The van der Waals surface area contributed by atoms with E-state index in [1.54, 1.807) is 0 Å². The smallest absolute Gasteiger partial charge is 0.0672 e. The van der Waals surface area contributed by atoms with Crippen molar-refractivity contribution in [3.05, 3.63) is 0 Å². The van der Waals surface area contributed by atoms with Gasteiger partial charge in [0, 0.05) is 12.6 Å². The second kappa shape index (κ2) is 5.95. The van der Waals surface area contributed by atoms with Crippen LogP contribution >= 0.6 is 0 Å². The molecular formula is C10H18N2O. The van der Waals surface area contributed by atoms with Crippen LogP contribution in [0.1, 0.15) is 32.1 Å². The van der Waals surface area contributed by atoms with E-state index >= 15 is 0 Å². The van der Waals surface area contributed by atoms with Gasteiger partial charge in [-0.3, -0.25) is 0 Å². The van der Waals surface area contributed by atoms with Gasteiger partial charge in [0.15, 0.2) is 0 Å². The molecular weight excluding hydrogens is 164 g/mol. The van der Waals surface area contributed by atoms with E-state index in [0.29, 0.717) is 6.04 Å². The molecule has 13 heavy (non-hydrogen) atoms. The lowest BCUT2D eigenvalue weighted by Crippen LogP contribution is -2.32. The van der Waals surface area contributed by atoms with Crippen LogP contribution < -0.4 is 5.32 Å². The predicted molar refractivity (Wildman–Crippen MR) is 51.1 cm³/mol. The molecule has 0 saturated heterocycles. The van der Waals surface area contributed by atoms with Gasteiger partial charge in [0.2, 0.25) is 0 Å². The van der Waals surface area contributed by atoms with E-state index in [2.05, 4.69) is 11.4 Å². The number of aliphatic hydroxyl groups excluding tert-OH is 1. The topological polar surface area (TPSA) is 56.0 Å². The Morgan fingerprint density at radius 1 is 1.38 bits per heavy atom. The van der Waals surface area contributed by atoms with Gasteiger partial charge in [0.25, 0.3) is 0 Å². The molecule has 0 aromatic carbocycles. The summed E-state index contributed by atoms with van der Waals surface area (Å²) in [6.07, 6.45) is 5.23. The minimum Gasteiger partial charge on any atom is -0.396 e. The second-order valence-electron chi connectivity index (χ2n) is 3.66. The highest BCUT2D eigenvalue weighted by Crippen LogP contribution is 2.24. The number of aliphatic hydroxyl groups is 1. The quantitative estimate of drug-likeness (QED) is 0.625. The van der Waals surface area contributed by atoms with Crippen molar-refractivity contribution in [2.75, 3.05) is 13.2 Å². The first-order valence-electron chi connectivity index (χ1n) is 5.12. The van der Waals surface area contributed by atoms with Gasteiger partial charge in [-0.2, -0.15) is 5.26 Å². The Balaban J connectivity index is 2.10. The molecule has 0 radical (unpaired) electrons. The zero-order valence-corrected chi connectivity index (χ0v) is 8.00. The average molecular weight is 182 g/mol. The molecule has 0 aliphatic heterocycles. The molecule has 0 aromatic heterocycles. The highest BCUT2D eigenvalue weighted by atomic mass is 16.2. The summed E-state index contributed by atoms with van der Waals surface area (Å²) in [5.41, 5.74) is 0. The summed E-state index contributed by atoms with van der Waals surface area (Å²) in [5, 5.41) is 20.8. The highest BCUT2D eigenvalue weighted by Gasteiger charge is 2.25. The zero-order chi connectivity index (χ0) is 9.52. The van der Waals surface area contributed by atoms with E-state index in [4.69, 9.17) is 10.4 Å². The fourth-order valence-electron chi connectivity index (χ4n) is 1.88. The van der Waals surface area contributed by atoms with Gasteiger partial charge in [0.1, 0.15) is 0 Å². The molecule has 1 fully saturated rings. The van der Waals surface area contributed by atoms with Crippen LogP contribution in [0.3, 0.4) is 0 Å². The minimum absolute atomic E-state index is 0.217. The van der Waals surface area contributed by atoms with Crippen LogP contribution in [-0.2, 0) is 0 Å². The first-order valence-corrected chi connectivity index (χ1v) is 5.12. The van der Waals surface area contributed by atoms with Crippen molar-refractivity contribution < 1.29 is 5.11 Å². The minimum atomic E-state index is 0.217. The number of nitriles is 1. The van der Waals surface area contributed by atoms with Gasteiger partial charge < -0.3 is 10.4 Å². The van der Waals surface area contributed by atoms with Crippen molar-refractivity contribution in [3.8, 4) is 6.07 Å². The fourth-order valence-corrected chi connectivity index (χ4v) is 1.88. The molecule has 0 aromatic rings. The van der Waals surface area contributed by atoms with Crippen molar-refractivity contribution in [3.63, 3.8) is 0 Å². The second-order valence-corrected chi connectivity index (χ2v) is 3.66. The molecule has 3 nitrogen and oxygen atoms in total. The van der Waals surface area contributed by atoms with Gasteiger partial charge in [-0.15, -0.1) is 0 Å². The molecule has 1 saturated carbocycles. The molecule has 1 rings (SSSR count). The van der Waals surface area contributed by atoms with Crippen molar-refractivity contribution in [2.24, 2.45) is 5.92 Å². The third-order valence-corrected chi connectivity index (χ3v) is 2.67. The van der Waals surface area contributed by atoms with E-state index in [-0.39, 0.29) is 12.5 Å². The summed E-state index contributed by atoms with van der Waals surface area (Å²) in [5.74, 6) is 0.217. The molecule has 74 valence electrons. The molecule has 0 amide bonds. The van der Waals surface area contributed by atoms with Crippen LogP contribution in [-0.4, -0.2) is 24.3 Å². The first-order chi connectivity index (χ1) is 6.38. The largest absolute Gasteiger partial charge is 0.396 e. The number of hydrogen-bond donors (Lipinski definition) is 2. The summed E-state index contributed by atoms with van der Waals surface area (Å²) in [6.45, 7) is 1.21. The van der Waals surface area contributed by atoms with Crippen molar-refractivity contribution in [2.45, 2.75) is 38.1 Å².